The van der Waals surface area contributed by atoms with Crippen LogP contribution in [0.3, 0.4) is 0 Å². The Morgan fingerprint density at radius 2 is 2.14 bits per heavy atom. The molecule has 2 rings (SSSR count). The fourth-order valence-electron chi connectivity index (χ4n) is 2.50. The third-order valence-electron chi connectivity index (χ3n) is 3.43. The minimum Gasteiger partial charge on any atom is -0.493 e. The minimum absolute atomic E-state index is 0.129. The second-order valence-electron chi connectivity index (χ2n) is 5.27. The molecular formula is C16H24N4O. The average Bonchev–Trinajstić information content (AvgIpc) is 2.92. The van der Waals surface area contributed by atoms with Crippen LogP contribution in [0, 0.1) is 0 Å². The van der Waals surface area contributed by atoms with Gasteiger partial charge >= 0.3 is 0 Å². The normalized spacial score (nSPS) is 12.6. The first-order valence-electron chi connectivity index (χ1n) is 7.42. The summed E-state index contributed by atoms with van der Waals surface area (Å²) in [5.41, 5.74) is 2.14. The van der Waals surface area contributed by atoms with Gasteiger partial charge in [-0.05, 0) is 32.5 Å². The maximum absolute atomic E-state index is 5.50. The molecule has 1 atom stereocenters. The molecule has 2 aromatic rings. The van der Waals surface area contributed by atoms with Crippen molar-refractivity contribution in [1.82, 2.24) is 20.1 Å². The van der Waals surface area contributed by atoms with Crippen LogP contribution in [-0.2, 0) is 6.42 Å². The molecule has 0 amide bonds. The van der Waals surface area contributed by atoms with E-state index < -0.39 is 0 Å². The smallest absolute Gasteiger partial charge is 0.161 e. The summed E-state index contributed by atoms with van der Waals surface area (Å²) in [5.74, 6) is 0.825. The van der Waals surface area contributed by atoms with E-state index in [1.165, 1.54) is 0 Å². The van der Waals surface area contributed by atoms with Crippen molar-refractivity contribution in [3.05, 3.63) is 42.0 Å². The van der Waals surface area contributed by atoms with Gasteiger partial charge in [-0.15, -0.1) is 0 Å². The molecule has 1 N–H and O–H groups in total. The molecule has 0 saturated carbocycles. The van der Waals surface area contributed by atoms with Gasteiger partial charge in [0, 0.05) is 24.4 Å². The lowest BCUT2D eigenvalue weighted by Gasteiger charge is -2.22. The van der Waals surface area contributed by atoms with Gasteiger partial charge in [-0.1, -0.05) is 13.0 Å². The zero-order valence-corrected chi connectivity index (χ0v) is 13.2. The van der Waals surface area contributed by atoms with E-state index in [0.29, 0.717) is 0 Å². The zero-order valence-electron chi connectivity index (χ0n) is 13.2. The zero-order chi connectivity index (χ0) is 15.2. The van der Waals surface area contributed by atoms with Crippen LogP contribution in [0.5, 0.6) is 5.75 Å². The number of likely N-dealkylation sites (N-methyl/N-ethyl adjacent to an activating group) is 1. The molecule has 114 valence electrons. The summed E-state index contributed by atoms with van der Waals surface area (Å²) in [4.78, 5) is 4.43. The van der Waals surface area contributed by atoms with Gasteiger partial charge in [-0.2, -0.15) is 5.10 Å². The van der Waals surface area contributed by atoms with E-state index in [2.05, 4.69) is 36.2 Å². The standard InChI is InChI=1S/C16H24N4O/c1-5-17-14(10-13-8-6-7-9-18-13)16-15(21-4)11-19-20(16)12(2)3/h6-9,11-12,14,17H,5,10H2,1-4H3. The van der Waals surface area contributed by atoms with E-state index in [4.69, 9.17) is 4.74 Å². The van der Waals surface area contributed by atoms with E-state index >= 15 is 0 Å². The average molecular weight is 288 g/mol. The molecule has 0 bridgehead atoms. The van der Waals surface area contributed by atoms with Crippen LogP contribution in [0.25, 0.3) is 0 Å². The van der Waals surface area contributed by atoms with Gasteiger partial charge < -0.3 is 10.1 Å². The van der Waals surface area contributed by atoms with Crippen LogP contribution in [0.4, 0.5) is 0 Å². The second kappa shape index (κ2) is 7.22. The molecule has 0 spiro atoms. The monoisotopic (exact) mass is 288 g/mol. The Morgan fingerprint density at radius 1 is 1.33 bits per heavy atom. The van der Waals surface area contributed by atoms with E-state index in [1.807, 2.05) is 29.1 Å². The number of pyridine rings is 1. The fraction of sp³-hybridized carbons (Fsp3) is 0.500. The third-order valence-corrected chi connectivity index (χ3v) is 3.43. The van der Waals surface area contributed by atoms with Gasteiger partial charge in [0.05, 0.1) is 25.0 Å². The number of nitrogens with one attached hydrogen (secondary N) is 1. The highest BCUT2D eigenvalue weighted by Gasteiger charge is 2.23. The molecule has 2 heterocycles. The topological polar surface area (TPSA) is 52.0 Å². The number of nitrogens with zero attached hydrogens (tertiary/aromatic N) is 3. The number of rotatable bonds is 7. The Kier molecular flexibility index (Phi) is 5.33. The highest BCUT2D eigenvalue weighted by molar-refractivity contribution is 5.30. The highest BCUT2D eigenvalue weighted by Crippen LogP contribution is 2.29. The van der Waals surface area contributed by atoms with Gasteiger partial charge in [0.1, 0.15) is 0 Å². The molecule has 0 saturated heterocycles. The molecule has 2 aromatic heterocycles. The summed E-state index contributed by atoms with van der Waals surface area (Å²) >= 11 is 0. The Bertz CT molecular complexity index is 551. The lowest BCUT2D eigenvalue weighted by atomic mass is 10.1. The van der Waals surface area contributed by atoms with Crippen LogP contribution in [0.15, 0.2) is 30.6 Å². The summed E-state index contributed by atoms with van der Waals surface area (Å²) in [6.07, 6.45) is 4.43. The number of hydrogen-bond acceptors (Lipinski definition) is 4. The Morgan fingerprint density at radius 3 is 2.71 bits per heavy atom. The van der Waals surface area contributed by atoms with Gasteiger partial charge in [0.25, 0.3) is 0 Å². The number of aromatic nitrogens is 3. The first kappa shape index (κ1) is 15.5. The van der Waals surface area contributed by atoms with E-state index in [0.717, 1.165) is 30.1 Å². The lowest BCUT2D eigenvalue weighted by Crippen LogP contribution is -2.27. The molecule has 1 unspecified atom stereocenters. The van der Waals surface area contributed by atoms with Crippen LogP contribution < -0.4 is 10.1 Å². The van der Waals surface area contributed by atoms with Crippen molar-refractivity contribution in [2.45, 2.75) is 39.3 Å². The fourth-order valence-corrected chi connectivity index (χ4v) is 2.50. The molecule has 0 radical (unpaired) electrons. The predicted octanol–water partition coefficient (Wildman–Crippen LogP) is 2.76. The van der Waals surface area contributed by atoms with Crippen molar-refractivity contribution >= 4 is 0 Å². The van der Waals surface area contributed by atoms with Crippen molar-refractivity contribution in [3.63, 3.8) is 0 Å². The number of methoxy groups -OCH3 is 1. The number of hydrogen-bond donors (Lipinski definition) is 1. The van der Waals surface area contributed by atoms with E-state index in [-0.39, 0.29) is 12.1 Å². The van der Waals surface area contributed by atoms with Gasteiger partial charge in [-0.3, -0.25) is 9.67 Å². The second-order valence-corrected chi connectivity index (χ2v) is 5.27. The van der Waals surface area contributed by atoms with Crippen LogP contribution in [0.1, 0.15) is 44.2 Å². The van der Waals surface area contributed by atoms with Crippen molar-refractivity contribution in [3.8, 4) is 5.75 Å². The first-order valence-corrected chi connectivity index (χ1v) is 7.42. The molecule has 0 aliphatic carbocycles. The predicted molar refractivity (Wildman–Crippen MR) is 83.5 cm³/mol. The molecule has 5 nitrogen and oxygen atoms in total. The van der Waals surface area contributed by atoms with Crippen molar-refractivity contribution in [2.24, 2.45) is 0 Å². The highest BCUT2D eigenvalue weighted by atomic mass is 16.5. The molecule has 21 heavy (non-hydrogen) atoms. The van der Waals surface area contributed by atoms with Crippen molar-refractivity contribution in [1.29, 1.82) is 0 Å². The van der Waals surface area contributed by atoms with Gasteiger partial charge in [0.2, 0.25) is 0 Å². The summed E-state index contributed by atoms with van der Waals surface area (Å²) in [7, 11) is 1.69. The van der Waals surface area contributed by atoms with Crippen molar-refractivity contribution in [2.75, 3.05) is 13.7 Å². The summed E-state index contributed by atoms with van der Waals surface area (Å²) in [6.45, 7) is 7.23. The maximum atomic E-state index is 5.50. The summed E-state index contributed by atoms with van der Waals surface area (Å²) in [5, 5.41) is 7.99. The van der Waals surface area contributed by atoms with Crippen molar-refractivity contribution < 1.29 is 4.74 Å². The van der Waals surface area contributed by atoms with E-state index in [9.17, 15) is 0 Å². The van der Waals surface area contributed by atoms with Crippen LogP contribution in [0.2, 0.25) is 0 Å². The molecule has 0 aliphatic heterocycles. The third kappa shape index (κ3) is 3.61. The Balaban J connectivity index is 2.35. The summed E-state index contributed by atoms with van der Waals surface area (Å²) < 4.78 is 7.52. The SMILES string of the molecule is CCNC(Cc1ccccn1)c1c(OC)cnn1C(C)C. The molecule has 5 heteroatoms. The molecule has 0 aromatic carbocycles. The van der Waals surface area contributed by atoms with Crippen LogP contribution in [-0.4, -0.2) is 28.4 Å². The molecular weight excluding hydrogens is 264 g/mol. The molecule has 0 aliphatic rings. The minimum atomic E-state index is 0.129. The molecule has 0 fully saturated rings. The summed E-state index contributed by atoms with van der Waals surface area (Å²) in [6, 6.07) is 6.42. The lowest BCUT2D eigenvalue weighted by molar-refractivity contribution is 0.383. The Hall–Kier alpha value is -1.88. The maximum Gasteiger partial charge on any atom is 0.161 e. The first-order chi connectivity index (χ1) is 10.2. The quantitative estimate of drug-likeness (QED) is 0.851. The largest absolute Gasteiger partial charge is 0.493 e. The van der Waals surface area contributed by atoms with E-state index in [1.54, 1.807) is 13.3 Å². The van der Waals surface area contributed by atoms with Crippen LogP contribution >= 0.6 is 0 Å². The van der Waals surface area contributed by atoms with Gasteiger partial charge in [0.15, 0.2) is 5.75 Å². The Labute approximate surface area is 126 Å². The number of ether oxygens (including phenoxy) is 1. The van der Waals surface area contributed by atoms with Gasteiger partial charge in [-0.25, -0.2) is 0 Å².